The summed E-state index contributed by atoms with van der Waals surface area (Å²) in [5, 5.41) is 0. The van der Waals surface area contributed by atoms with Gasteiger partial charge in [0.15, 0.2) is 0 Å². The van der Waals surface area contributed by atoms with E-state index in [1.165, 1.54) is 17.6 Å². The number of hydrogen-bond donors (Lipinski definition) is 0. The molecule has 2 heterocycles. The molecule has 2 fully saturated rings. The van der Waals surface area contributed by atoms with E-state index in [0.717, 1.165) is 38.5 Å². The number of rotatable bonds is 7. The quantitative estimate of drug-likeness (QED) is 0.575. The lowest BCUT2D eigenvalue weighted by Crippen LogP contribution is -2.09. The van der Waals surface area contributed by atoms with Crippen LogP contribution in [0.25, 0.3) is 0 Å². The predicted molar refractivity (Wildman–Crippen MR) is 110 cm³/mol. The Morgan fingerprint density at radius 3 is 1.55 bits per heavy atom. The van der Waals surface area contributed by atoms with Gasteiger partial charge in [0.1, 0.15) is 0 Å². The predicted octanol–water partition coefficient (Wildman–Crippen LogP) is 4.60. The Morgan fingerprint density at radius 1 is 0.862 bits per heavy atom. The van der Waals surface area contributed by atoms with E-state index in [4.69, 9.17) is 28.7 Å². The first-order valence-corrected chi connectivity index (χ1v) is 9.75. The molecule has 0 saturated carbocycles. The number of hydrogen-bond acceptors (Lipinski definition) is 6. The second kappa shape index (κ2) is 19.0. The van der Waals surface area contributed by atoms with Gasteiger partial charge in [0, 0.05) is 0 Å². The van der Waals surface area contributed by atoms with Crippen molar-refractivity contribution in [3.8, 4) is 0 Å². The zero-order chi connectivity index (χ0) is 22.7. The normalized spacial score (nSPS) is 24.3. The highest BCUT2D eigenvalue weighted by Gasteiger charge is 2.27. The van der Waals surface area contributed by atoms with Crippen molar-refractivity contribution in [2.75, 3.05) is 0 Å². The maximum atomic E-state index is 8.12. The topological polar surface area (TPSA) is 86.7 Å². The molecule has 0 unspecified atom stereocenters. The van der Waals surface area contributed by atoms with Crippen molar-refractivity contribution in [2.24, 2.45) is 0 Å². The van der Waals surface area contributed by atoms with Crippen LogP contribution in [0.4, 0.5) is 0 Å². The summed E-state index contributed by atoms with van der Waals surface area (Å²) >= 11 is 0. The molecule has 0 aromatic heterocycles. The zero-order valence-electron chi connectivity index (χ0n) is 17.7. The lowest BCUT2D eigenvalue weighted by atomic mass is 10.0. The first-order valence-electron chi connectivity index (χ1n) is 9.75. The van der Waals surface area contributed by atoms with Gasteiger partial charge >= 0.3 is 12.3 Å². The van der Waals surface area contributed by atoms with Gasteiger partial charge < -0.3 is 9.47 Å². The number of carbonyl (C=O) groups excluding carboxylic acids is 4. The van der Waals surface area contributed by atoms with Gasteiger partial charge in [0.05, 0.1) is 24.4 Å². The molecule has 6 heteroatoms. The highest BCUT2D eigenvalue weighted by molar-refractivity contribution is 5.20. The van der Waals surface area contributed by atoms with Gasteiger partial charge in [-0.1, -0.05) is 45.6 Å². The van der Waals surface area contributed by atoms with E-state index in [0.29, 0.717) is 12.2 Å². The van der Waals surface area contributed by atoms with Crippen LogP contribution in [-0.2, 0) is 28.7 Å². The summed E-state index contributed by atoms with van der Waals surface area (Å²) in [7, 11) is 0. The molecule has 4 atom stereocenters. The molecule has 2 aliphatic heterocycles. The Morgan fingerprint density at radius 2 is 1.24 bits per heavy atom. The maximum absolute atomic E-state index is 8.12. The summed E-state index contributed by atoms with van der Waals surface area (Å²) in [5.41, 5.74) is 2.48. The average molecular weight is 407 g/mol. The van der Waals surface area contributed by atoms with Gasteiger partial charge in [0.2, 0.25) is 0 Å². The van der Waals surface area contributed by atoms with E-state index >= 15 is 0 Å². The molecule has 0 aromatic rings. The monoisotopic (exact) mass is 406 g/mol. The smallest absolute Gasteiger partial charge is 0.370 e. The van der Waals surface area contributed by atoms with E-state index in [2.05, 4.69) is 40.2 Å². The summed E-state index contributed by atoms with van der Waals surface area (Å²) in [6.07, 6.45) is 13.0. The van der Waals surface area contributed by atoms with Crippen molar-refractivity contribution < 1.29 is 28.7 Å². The van der Waals surface area contributed by atoms with Crippen LogP contribution in [-0.4, -0.2) is 36.7 Å². The molecule has 29 heavy (non-hydrogen) atoms. The molecule has 2 aliphatic rings. The molecular formula is C23H34O6. The fraction of sp³-hybridized carbons (Fsp3) is 0.565. The van der Waals surface area contributed by atoms with Crippen LogP contribution in [0.5, 0.6) is 0 Å². The Hall–Kier alpha value is -2.36. The molecule has 0 aliphatic carbocycles. The van der Waals surface area contributed by atoms with Gasteiger partial charge in [-0.25, -0.2) is 0 Å². The fourth-order valence-electron chi connectivity index (χ4n) is 3.08. The Kier molecular flexibility index (Phi) is 18.9. The zero-order valence-corrected chi connectivity index (χ0v) is 17.7. The third-order valence-corrected chi connectivity index (χ3v) is 4.43. The second-order valence-corrected chi connectivity index (χ2v) is 6.63. The average Bonchev–Trinajstić information content (AvgIpc) is 3.20. The van der Waals surface area contributed by atoms with Gasteiger partial charge in [-0.15, -0.1) is 13.2 Å². The minimum absolute atomic E-state index is 0.248. The first-order chi connectivity index (χ1) is 13.9. The molecule has 162 valence electrons. The van der Waals surface area contributed by atoms with Crippen molar-refractivity contribution >= 4 is 12.3 Å². The molecule has 0 amide bonds. The van der Waals surface area contributed by atoms with E-state index in [1.807, 2.05) is 12.2 Å². The molecule has 0 N–H and O–H groups in total. The van der Waals surface area contributed by atoms with Crippen molar-refractivity contribution in [3.05, 3.63) is 49.6 Å². The highest BCUT2D eigenvalue weighted by atomic mass is 16.5. The summed E-state index contributed by atoms with van der Waals surface area (Å²) < 4.78 is 11.5. The standard InChI is InChI=1S/C11H18O.C10H16O.2CO2/c1-4-6-10-8-9(3)11(12-10)7-5-2;1-4-6-10-8(3)7-9(5-2)11-10;2*2-1-3/h5,10-11H,2-4,6-8H2,1H3;4,9-10H,1,3,5-7H2,2H3;;/t10-,11-;9-,10-;;/m00../s1. The summed E-state index contributed by atoms with van der Waals surface area (Å²) in [5.74, 6) is 0. The molecule has 0 aromatic carbocycles. The van der Waals surface area contributed by atoms with Crippen LogP contribution in [0.15, 0.2) is 49.6 Å². The largest absolute Gasteiger partial charge is 0.373 e. The molecule has 0 radical (unpaired) electrons. The Bertz CT molecular complexity index is 556. The fourth-order valence-corrected chi connectivity index (χ4v) is 3.08. The minimum atomic E-state index is 0.248. The lowest BCUT2D eigenvalue weighted by Gasteiger charge is -2.10. The maximum Gasteiger partial charge on any atom is 0.373 e. The van der Waals surface area contributed by atoms with E-state index in [9.17, 15) is 0 Å². The third-order valence-electron chi connectivity index (χ3n) is 4.43. The molecule has 0 spiro atoms. The molecule has 2 rings (SSSR count). The molecule has 0 bridgehead atoms. The first kappa shape index (κ1) is 28.8. The van der Waals surface area contributed by atoms with Crippen LogP contribution < -0.4 is 0 Å². The summed E-state index contributed by atoms with van der Waals surface area (Å²) in [4.78, 5) is 32.5. The van der Waals surface area contributed by atoms with E-state index in [1.54, 1.807) is 0 Å². The van der Waals surface area contributed by atoms with Crippen LogP contribution in [0.3, 0.4) is 0 Å². The Labute approximate surface area is 174 Å². The second-order valence-electron chi connectivity index (χ2n) is 6.63. The van der Waals surface area contributed by atoms with Gasteiger partial charge in [-0.3, -0.25) is 0 Å². The molecule has 6 nitrogen and oxygen atoms in total. The van der Waals surface area contributed by atoms with Gasteiger partial charge in [-0.05, 0) is 49.7 Å². The lowest BCUT2D eigenvalue weighted by molar-refractivity contribution is -0.193. The van der Waals surface area contributed by atoms with Crippen LogP contribution in [0.2, 0.25) is 0 Å². The van der Waals surface area contributed by atoms with Crippen LogP contribution in [0.1, 0.15) is 58.8 Å². The van der Waals surface area contributed by atoms with Crippen molar-refractivity contribution in [2.45, 2.75) is 83.2 Å². The van der Waals surface area contributed by atoms with Crippen molar-refractivity contribution in [3.63, 3.8) is 0 Å². The van der Waals surface area contributed by atoms with Crippen LogP contribution in [0, 0.1) is 0 Å². The van der Waals surface area contributed by atoms with E-state index in [-0.39, 0.29) is 24.5 Å². The molecular weight excluding hydrogens is 372 g/mol. The minimum Gasteiger partial charge on any atom is -0.370 e. The third kappa shape index (κ3) is 13.4. The highest BCUT2D eigenvalue weighted by Crippen LogP contribution is 2.29. The van der Waals surface area contributed by atoms with E-state index < -0.39 is 0 Å². The van der Waals surface area contributed by atoms with Crippen molar-refractivity contribution in [1.82, 2.24) is 0 Å². The molecule has 2 saturated heterocycles. The van der Waals surface area contributed by atoms with Gasteiger partial charge in [-0.2, -0.15) is 19.2 Å². The van der Waals surface area contributed by atoms with Gasteiger partial charge in [0.25, 0.3) is 0 Å². The van der Waals surface area contributed by atoms with Crippen LogP contribution >= 0.6 is 0 Å². The number of ether oxygens (including phenoxy) is 2. The Balaban J connectivity index is 0. The van der Waals surface area contributed by atoms with Crippen molar-refractivity contribution in [1.29, 1.82) is 0 Å². The SMILES string of the molecule is C=CC[C@@H]1O[C@@H](CC)CC1=C.C=CC[C@@H]1O[C@@H](CCC)CC1=C.O=C=O.O=C=O. The summed E-state index contributed by atoms with van der Waals surface area (Å²) in [6.45, 7) is 19.7. The summed E-state index contributed by atoms with van der Waals surface area (Å²) in [6, 6.07) is 0.